The first-order valence-electron chi connectivity index (χ1n) is 11.1. The van der Waals surface area contributed by atoms with Gasteiger partial charge in [0, 0.05) is 17.5 Å². The van der Waals surface area contributed by atoms with E-state index in [9.17, 15) is 9.59 Å². The number of pyridine rings is 1. The van der Waals surface area contributed by atoms with E-state index in [1.54, 1.807) is 30.9 Å². The zero-order chi connectivity index (χ0) is 23.9. The maximum absolute atomic E-state index is 13.6. The Morgan fingerprint density at radius 1 is 0.941 bits per heavy atom. The molecule has 0 bridgehead atoms. The van der Waals surface area contributed by atoms with Gasteiger partial charge in [0.25, 0.3) is 5.91 Å². The van der Waals surface area contributed by atoms with Crippen LogP contribution in [-0.2, 0) is 11.2 Å². The predicted octanol–water partition coefficient (Wildman–Crippen LogP) is 5.58. The van der Waals surface area contributed by atoms with Gasteiger partial charge in [-0.15, -0.1) is 11.3 Å². The first kappa shape index (κ1) is 23.3. The predicted molar refractivity (Wildman–Crippen MR) is 134 cm³/mol. The highest BCUT2D eigenvalue weighted by atomic mass is 32.1. The molecule has 0 saturated carbocycles. The molecule has 172 valence electrons. The van der Waals surface area contributed by atoms with E-state index in [-0.39, 0.29) is 18.2 Å². The first-order chi connectivity index (χ1) is 16.6. The summed E-state index contributed by atoms with van der Waals surface area (Å²) in [6.07, 6.45) is 0.673. The molecule has 7 heteroatoms. The fraction of sp³-hybridized carbons (Fsp3) is 0.185. The Labute approximate surface area is 202 Å². The molecule has 0 fully saturated rings. The van der Waals surface area contributed by atoms with Crippen LogP contribution in [0.4, 0.5) is 5.13 Å². The second-order valence-corrected chi connectivity index (χ2v) is 8.46. The molecule has 2 aromatic heterocycles. The summed E-state index contributed by atoms with van der Waals surface area (Å²) >= 11 is 1.42. The highest BCUT2D eigenvalue weighted by Crippen LogP contribution is 2.28. The van der Waals surface area contributed by atoms with Crippen molar-refractivity contribution in [2.75, 3.05) is 18.1 Å². The summed E-state index contributed by atoms with van der Waals surface area (Å²) in [5.41, 5.74) is 4.01. The Morgan fingerprint density at radius 3 is 2.32 bits per heavy atom. The van der Waals surface area contributed by atoms with Crippen molar-refractivity contribution in [3.8, 4) is 11.3 Å². The standard InChI is InChI=1S/C27H25N3O3S/c1-3-33-26(32)22-14-15-23(28-19(22)2)25(31)30(17-16-20-10-6-4-7-11-20)27-29-24(18-34-27)21-12-8-5-9-13-21/h4-15,18H,3,16-17H2,1-2H3. The van der Waals surface area contributed by atoms with Gasteiger partial charge in [-0.25, -0.2) is 14.8 Å². The van der Waals surface area contributed by atoms with Crippen LogP contribution in [0.25, 0.3) is 11.3 Å². The lowest BCUT2D eigenvalue weighted by atomic mass is 10.1. The SMILES string of the molecule is CCOC(=O)c1ccc(C(=O)N(CCc2ccccc2)c2nc(-c3ccccc3)cs2)nc1C. The number of anilines is 1. The molecule has 4 rings (SSSR count). The van der Waals surface area contributed by atoms with Gasteiger partial charge in [-0.3, -0.25) is 9.69 Å². The quantitative estimate of drug-likeness (QED) is 0.314. The number of hydrogen-bond acceptors (Lipinski definition) is 6. The van der Waals surface area contributed by atoms with Crippen LogP contribution in [0.2, 0.25) is 0 Å². The molecular formula is C27H25N3O3S. The smallest absolute Gasteiger partial charge is 0.339 e. The highest BCUT2D eigenvalue weighted by Gasteiger charge is 2.23. The summed E-state index contributed by atoms with van der Waals surface area (Å²) in [4.78, 5) is 36.6. The van der Waals surface area contributed by atoms with Crippen LogP contribution < -0.4 is 4.90 Å². The Morgan fingerprint density at radius 2 is 1.65 bits per heavy atom. The van der Waals surface area contributed by atoms with Gasteiger partial charge >= 0.3 is 5.97 Å². The number of aryl methyl sites for hydroxylation is 1. The van der Waals surface area contributed by atoms with Crippen LogP contribution in [0, 0.1) is 6.92 Å². The second-order valence-electron chi connectivity index (χ2n) is 7.62. The van der Waals surface area contributed by atoms with Crippen molar-refractivity contribution in [3.63, 3.8) is 0 Å². The molecule has 1 amide bonds. The van der Waals surface area contributed by atoms with E-state index >= 15 is 0 Å². The Balaban J connectivity index is 1.64. The van der Waals surface area contributed by atoms with E-state index in [0.717, 1.165) is 16.8 Å². The van der Waals surface area contributed by atoms with Gasteiger partial charge in [-0.2, -0.15) is 0 Å². The van der Waals surface area contributed by atoms with Crippen molar-refractivity contribution in [1.29, 1.82) is 0 Å². The van der Waals surface area contributed by atoms with Gasteiger partial charge < -0.3 is 4.74 Å². The minimum absolute atomic E-state index is 0.259. The maximum atomic E-state index is 13.6. The largest absolute Gasteiger partial charge is 0.462 e. The van der Waals surface area contributed by atoms with Crippen LogP contribution >= 0.6 is 11.3 Å². The third-order valence-corrected chi connectivity index (χ3v) is 6.17. The summed E-state index contributed by atoms with van der Waals surface area (Å²) in [5, 5.41) is 2.56. The van der Waals surface area contributed by atoms with Gasteiger partial charge in [0.05, 0.1) is 23.6 Å². The molecule has 2 heterocycles. The Hall–Kier alpha value is -3.84. The van der Waals surface area contributed by atoms with Crippen molar-refractivity contribution in [1.82, 2.24) is 9.97 Å². The van der Waals surface area contributed by atoms with Crippen molar-refractivity contribution in [2.45, 2.75) is 20.3 Å². The second kappa shape index (κ2) is 10.9. The fourth-order valence-electron chi connectivity index (χ4n) is 3.54. The van der Waals surface area contributed by atoms with E-state index in [1.165, 1.54) is 11.3 Å². The summed E-state index contributed by atoms with van der Waals surface area (Å²) in [6.45, 7) is 4.18. The minimum atomic E-state index is -0.445. The van der Waals surface area contributed by atoms with E-state index in [0.29, 0.717) is 29.4 Å². The monoisotopic (exact) mass is 471 g/mol. The lowest BCUT2D eigenvalue weighted by molar-refractivity contribution is 0.0524. The molecule has 0 N–H and O–H groups in total. The number of nitrogens with zero attached hydrogens (tertiary/aromatic N) is 3. The lowest BCUT2D eigenvalue weighted by Gasteiger charge is -2.20. The molecule has 0 aliphatic rings. The lowest BCUT2D eigenvalue weighted by Crippen LogP contribution is -2.33. The number of carbonyl (C=O) groups excluding carboxylic acids is 2. The van der Waals surface area contributed by atoms with Crippen molar-refractivity contribution in [2.24, 2.45) is 0 Å². The van der Waals surface area contributed by atoms with Crippen LogP contribution in [-0.4, -0.2) is 35.0 Å². The molecule has 0 saturated heterocycles. The van der Waals surface area contributed by atoms with E-state index in [2.05, 4.69) is 4.98 Å². The molecule has 34 heavy (non-hydrogen) atoms. The highest BCUT2D eigenvalue weighted by molar-refractivity contribution is 7.14. The summed E-state index contributed by atoms with van der Waals surface area (Å²) in [5.74, 6) is -0.705. The van der Waals surface area contributed by atoms with Gasteiger partial charge in [0.15, 0.2) is 5.13 Å². The Bertz CT molecular complexity index is 1270. The number of thiazole rings is 1. The number of benzene rings is 2. The van der Waals surface area contributed by atoms with Crippen LogP contribution in [0.5, 0.6) is 0 Å². The zero-order valence-electron chi connectivity index (χ0n) is 19.1. The zero-order valence-corrected chi connectivity index (χ0v) is 19.9. The van der Waals surface area contributed by atoms with Crippen LogP contribution in [0.1, 0.15) is 39.0 Å². The molecule has 6 nitrogen and oxygen atoms in total. The molecule has 0 aliphatic heterocycles. The summed E-state index contributed by atoms with van der Waals surface area (Å²) < 4.78 is 5.08. The normalized spacial score (nSPS) is 10.6. The molecule has 4 aromatic rings. The molecule has 0 aliphatic carbocycles. The summed E-state index contributed by atoms with van der Waals surface area (Å²) in [6, 6.07) is 23.1. The van der Waals surface area contributed by atoms with Crippen molar-refractivity contribution in [3.05, 3.63) is 101 Å². The molecule has 0 spiro atoms. The number of rotatable bonds is 8. The number of esters is 1. The van der Waals surface area contributed by atoms with E-state index < -0.39 is 5.97 Å². The number of ether oxygens (including phenoxy) is 1. The molecule has 2 aromatic carbocycles. The average Bonchev–Trinajstić information content (AvgIpc) is 3.35. The molecule has 0 unspecified atom stereocenters. The molecular weight excluding hydrogens is 446 g/mol. The van der Waals surface area contributed by atoms with E-state index in [1.807, 2.05) is 66.0 Å². The topological polar surface area (TPSA) is 72.4 Å². The number of hydrogen-bond donors (Lipinski definition) is 0. The fourth-order valence-corrected chi connectivity index (χ4v) is 4.40. The van der Waals surface area contributed by atoms with Crippen molar-refractivity contribution < 1.29 is 14.3 Å². The van der Waals surface area contributed by atoms with E-state index in [4.69, 9.17) is 9.72 Å². The van der Waals surface area contributed by atoms with Gasteiger partial charge in [0.2, 0.25) is 0 Å². The van der Waals surface area contributed by atoms with Gasteiger partial charge in [0.1, 0.15) is 5.69 Å². The number of aromatic nitrogens is 2. The first-order valence-corrected chi connectivity index (χ1v) is 12.0. The van der Waals surface area contributed by atoms with Crippen molar-refractivity contribution >= 4 is 28.3 Å². The van der Waals surface area contributed by atoms with Crippen LogP contribution in [0.15, 0.2) is 78.2 Å². The molecule has 0 atom stereocenters. The summed E-state index contributed by atoms with van der Waals surface area (Å²) in [7, 11) is 0. The number of carbonyl (C=O) groups is 2. The third-order valence-electron chi connectivity index (χ3n) is 5.30. The van der Waals surface area contributed by atoms with Gasteiger partial charge in [-0.05, 0) is 38.0 Å². The van der Waals surface area contributed by atoms with Crippen LogP contribution in [0.3, 0.4) is 0 Å². The maximum Gasteiger partial charge on any atom is 0.339 e. The number of amides is 1. The third kappa shape index (κ3) is 5.38. The Kier molecular flexibility index (Phi) is 7.44. The molecule has 0 radical (unpaired) electrons. The van der Waals surface area contributed by atoms with Gasteiger partial charge in [-0.1, -0.05) is 60.7 Å². The average molecular weight is 472 g/mol. The minimum Gasteiger partial charge on any atom is -0.462 e.